The van der Waals surface area contributed by atoms with Crippen LogP contribution in [0.5, 0.6) is 5.75 Å². The molecule has 1 aromatic carbocycles. The van der Waals surface area contributed by atoms with E-state index in [1.54, 1.807) is 6.92 Å². The molecule has 0 saturated heterocycles. The summed E-state index contributed by atoms with van der Waals surface area (Å²) in [6.07, 6.45) is 2.83. The van der Waals surface area contributed by atoms with Crippen LogP contribution in [0.15, 0.2) is 24.3 Å². The molecule has 0 aromatic heterocycles. The summed E-state index contributed by atoms with van der Waals surface area (Å²) >= 11 is 0. The number of carbonyl (C=O) groups excluding carboxylic acids is 1. The van der Waals surface area contributed by atoms with Crippen LogP contribution in [0.1, 0.15) is 45.6 Å². The highest BCUT2D eigenvalue weighted by Crippen LogP contribution is 2.36. The molecule has 110 valence electrons. The standard InChI is InChI=1S/C17H25NO2/c1-12-5-7-15(8-6-12)20-13(2)16(19)18-14-9-10-17(3,4)11-14/h5-8,13-14H,9-11H2,1-4H3,(H,18,19). The number of nitrogens with one attached hydrogen (secondary N) is 1. The molecule has 2 unspecified atom stereocenters. The highest BCUT2D eigenvalue weighted by Gasteiger charge is 2.32. The summed E-state index contributed by atoms with van der Waals surface area (Å²) in [6.45, 7) is 8.34. The van der Waals surface area contributed by atoms with Gasteiger partial charge in [-0.1, -0.05) is 31.5 Å². The van der Waals surface area contributed by atoms with E-state index in [-0.39, 0.29) is 5.91 Å². The Balaban J connectivity index is 1.85. The van der Waals surface area contributed by atoms with E-state index in [0.29, 0.717) is 11.5 Å². The molecule has 3 heteroatoms. The predicted octanol–water partition coefficient (Wildman–Crippen LogP) is 3.46. The Kier molecular flexibility index (Phi) is 4.36. The number of aryl methyl sites for hydroxylation is 1. The Morgan fingerprint density at radius 2 is 2.00 bits per heavy atom. The third-order valence-corrected chi connectivity index (χ3v) is 4.02. The van der Waals surface area contributed by atoms with Crippen LogP contribution in [0.2, 0.25) is 0 Å². The minimum absolute atomic E-state index is 0.0201. The minimum Gasteiger partial charge on any atom is -0.481 e. The fraction of sp³-hybridized carbons (Fsp3) is 0.588. The first kappa shape index (κ1) is 14.9. The number of carbonyl (C=O) groups is 1. The van der Waals surface area contributed by atoms with Gasteiger partial charge in [0.25, 0.3) is 5.91 Å². The lowest BCUT2D eigenvalue weighted by molar-refractivity contribution is -0.128. The van der Waals surface area contributed by atoms with Gasteiger partial charge < -0.3 is 10.1 Å². The zero-order chi connectivity index (χ0) is 14.8. The summed E-state index contributed by atoms with van der Waals surface area (Å²) in [5.74, 6) is 0.721. The van der Waals surface area contributed by atoms with Gasteiger partial charge in [0.1, 0.15) is 5.75 Å². The van der Waals surface area contributed by atoms with Gasteiger partial charge in [0.15, 0.2) is 6.10 Å². The zero-order valence-electron chi connectivity index (χ0n) is 12.9. The van der Waals surface area contributed by atoms with E-state index in [1.165, 1.54) is 12.0 Å². The summed E-state index contributed by atoms with van der Waals surface area (Å²) in [4.78, 5) is 12.1. The van der Waals surface area contributed by atoms with Crippen LogP contribution in [0.25, 0.3) is 0 Å². The lowest BCUT2D eigenvalue weighted by Crippen LogP contribution is -2.41. The van der Waals surface area contributed by atoms with Gasteiger partial charge in [-0.05, 0) is 50.7 Å². The van der Waals surface area contributed by atoms with Crippen molar-refractivity contribution in [1.29, 1.82) is 0 Å². The summed E-state index contributed by atoms with van der Waals surface area (Å²) < 4.78 is 5.68. The third kappa shape index (κ3) is 3.99. The maximum Gasteiger partial charge on any atom is 0.260 e. The predicted molar refractivity (Wildman–Crippen MR) is 80.8 cm³/mol. The largest absolute Gasteiger partial charge is 0.481 e. The van der Waals surface area contributed by atoms with Gasteiger partial charge in [0.2, 0.25) is 0 Å². The van der Waals surface area contributed by atoms with E-state index >= 15 is 0 Å². The van der Waals surface area contributed by atoms with Crippen LogP contribution in [0.3, 0.4) is 0 Å². The molecule has 1 aliphatic carbocycles. The van der Waals surface area contributed by atoms with Crippen LogP contribution >= 0.6 is 0 Å². The fourth-order valence-corrected chi connectivity index (χ4v) is 2.75. The Bertz CT molecular complexity index is 464. The average Bonchev–Trinajstić information content (AvgIpc) is 2.71. The number of benzene rings is 1. The maximum atomic E-state index is 12.1. The van der Waals surface area contributed by atoms with E-state index in [2.05, 4.69) is 19.2 Å². The topological polar surface area (TPSA) is 38.3 Å². The molecule has 0 spiro atoms. The molecule has 1 aromatic rings. The average molecular weight is 275 g/mol. The van der Waals surface area contributed by atoms with Gasteiger partial charge in [0, 0.05) is 6.04 Å². The lowest BCUT2D eigenvalue weighted by Gasteiger charge is -2.20. The zero-order valence-corrected chi connectivity index (χ0v) is 12.9. The van der Waals surface area contributed by atoms with Gasteiger partial charge in [-0.2, -0.15) is 0 Å². The molecular weight excluding hydrogens is 250 g/mol. The van der Waals surface area contributed by atoms with Crippen molar-refractivity contribution in [2.45, 2.75) is 59.1 Å². The van der Waals surface area contributed by atoms with Crippen molar-refractivity contribution < 1.29 is 9.53 Å². The monoisotopic (exact) mass is 275 g/mol. The van der Waals surface area contributed by atoms with Crippen molar-refractivity contribution in [3.05, 3.63) is 29.8 Å². The van der Waals surface area contributed by atoms with Gasteiger partial charge in [-0.15, -0.1) is 0 Å². The molecular formula is C17H25NO2. The molecule has 2 rings (SSSR count). The first-order chi connectivity index (χ1) is 9.35. The van der Waals surface area contributed by atoms with Gasteiger partial charge >= 0.3 is 0 Å². The van der Waals surface area contributed by atoms with E-state index in [4.69, 9.17) is 4.74 Å². The molecule has 0 heterocycles. The van der Waals surface area contributed by atoms with Gasteiger partial charge in [-0.3, -0.25) is 4.79 Å². The lowest BCUT2D eigenvalue weighted by atomic mass is 9.92. The van der Waals surface area contributed by atoms with Crippen molar-refractivity contribution in [3.63, 3.8) is 0 Å². The van der Waals surface area contributed by atoms with Crippen molar-refractivity contribution in [3.8, 4) is 5.75 Å². The van der Waals surface area contributed by atoms with Crippen LogP contribution in [-0.4, -0.2) is 18.1 Å². The van der Waals surface area contributed by atoms with E-state index in [1.807, 2.05) is 31.2 Å². The van der Waals surface area contributed by atoms with E-state index < -0.39 is 6.10 Å². The second-order valence-electron chi connectivity index (χ2n) is 6.69. The third-order valence-electron chi connectivity index (χ3n) is 4.02. The summed E-state index contributed by atoms with van der Waals surface area (Å²) in [7, 11) is 0. The molecule has 20 heavy (non-hydrogen) atoms. The molecule has 1 aliphatic rings. The normalized spacial score (nSPS) is 22.3. The quantitative estimate of drug-likeness (QED) is 0.914. The molecule has 0 bridgehead atoms. The van der Waals surface area contributed by atoms with Crippen LogP contribution in [-0.2, 0) is 4.79 Å². The Labute approximate surface area is 121 Å². The number of hydrogen-bond acceptors (Lipinski definition) is 2. The van der Waals surface area contributed by atoms with Crippen molar-refractivity contribution in [1.82, 2.24) is 5.32 Å². The molecule has 1 fully saturated rings. The molecule has 3 nitrogen and oxygen atoms in total. The van der Waals surface area contributed by atoms with Crippen LogP contribution in [0.4, 0.5) is 0 Å². The Morgan fingerprint density at radius 1 is 1.35 bits per heavy atom. The first-order valence-corrected chi connectivity index (χ1v) is 7.39. The van der Waals surface area contributed by atoms with E-state index in [9.17, 15) is 4.79 Å². The maximum absolute atomic E-state index is 12.1. The van der Waals surface area contributed by atoms with Crippen molar-refractivity contribution in [2.24, 2.45) is 5.41 Å². The SMILES string of the molecule is Cc1ccc(OC(C)C(=O)NC2CCC(C)(C)C2)cc1. The minimum atomic E-state index is -0.457. The molecule has 1 N–H and O–H groups in total. The van der Waals surface area contributed by atoms with Crippen LogP contribution in [0, 0.1) is 12.3 Å². The summed E-state index contributed by atoms with van der Waals surface area (Å²) in [6, 6.07) is 8.07. The van der Waals surface area contributed by atoms with Crippen molar-refractivity contribution in [2.75, 3.05) is 0 Å². The number of hydrogen-bond donors (Lipinski definition) is 1. The molecule has 0 aliphatic heterocycles. The highest BCUT2D eigenvalue weighted by molar-refractivity contribution is 5.81. The smallest absolute Gasteiger partial charge is 0.260 e. The molecule has 1 saturated carbocycles. The van der Waals surface area contributed by atoms with E-state index in [0.717, 1.165) is 18.6 Å². The Morgan fingerprint density at radius 3 is 2.55 bits per heavy atom. The highest BCUT2D eigenvalue weighted by atomic mass is 16.5. The van der Waals surface area contributed by atoms with Gasteiger partial charge in [-0.25, -0.2) is 0 Å². The second kappa shape index (κ2) is 5.86. The second-order valence-corrected chi connectivity index (χ2v) is 6.69. The summed E-state index contributed by atoms with van der Waals surface area (Å²) in [5.41, 5.74) is 1.53. The molecule has 0 radical (unpaired) electrons. The number of rotatable bonds is 4. The fourth-order valence-electron chi connectivity index (χ4n) is 2.75. The number of ether oxygens (including phenoxy) is 1. The van der Waals surface area contributed by atoms with Crippen LogP contribution < -0.4 is 10.1 Å². The van der Waals surface area contributed by atoms with Gasteiger partial charge in [0.05, 0.1) is 0 Å². The van der Waals surface area contributed by atoms with Crippen molar-refractivity contribution >= 4 is 5.91 Å². The first-order valence-electron chi connectivity index (χ1n) is 7.39. The number of amides is 1. The molecule has 1 amide bonds. The molecule has 2 atom stereocenters. The summed E-state index contributed by atoms with van der Waals surface area (Å²) in [5, 5.41) is 3.10. The Hall–Kier alpha value is -1.51.